The van der Waals surface area contributed by atoms with Gasteiger partial charge in [-0.15, -0.1) is 0 Å². The summed E-state index contributed by atoms with van der Waals surface area (Å²) in [6.45, 7) is 2.56. The van der Waals surface area contributed by atoms with Crippen molar-refractivity contribution in [3.8, 4) is 23.2 Å². The van der Waals surface area contributed by atoms with Crippen molar-refractivity contribution in [3.05, 3.63) is 34.6 Å². The number of nitrogens with zero attached hydrogens (tertiary/aromatic N) is 3. The third-order valence-corrected chi connectivity index (χ3v) is 3.11. The molecule has 2 rings (SSSR count). The molecular weight excluding hydrogens is 294 g/mol. The molecule has 0 N–H and O–H groups in total. The van der Waals surface area contributed by atoms with E-state index in [0.717, 1.165) is 17.1 Å². The Kier molecular flexibility index (Phi) is 3.68. The van der Waals surface area contributed by atoms with Gasteiger partial charge in [-0.25, -0.2) is 4.98 Å². The number of hydrogen-bond acceptors (Lipinski definition) is 3. The summed E-state index contributed by atoms with van der Waals surface area (Å²) in [7, 11) is 1.82. The summed E-state index contributed by atoms with van der Waals surface area (Å²) in [6.07, 6.45) is 0. The number of halogens is 1. The minimum atomic E-state index is 0.506. The van der Waals surface area contributed by atoms with Crippen LogP contribution in [0.2, 0.25) is 0 Å². The maximum absolute atomic E-state index is 9.03. The first-order valence-electron chi connectivity index (χ1n) is 5.53. The van der Waals surface area contributed by atoms with Gasteiger partial charge in [-0.2, -0.15) is 5.26 Å². The molecule has 0 fully saturated rings. The number of benzene rings is 1. The summed E-state index contributed by atoms with van der Waals surface area (Å²) in [5.41, 5.74) is 1.43. The third-order valence-electron chi connectivity index (χ3n) is 2.56. The van der Waals surface area contributed by atoms with E-state index < -0.39 is 0 Å². The molecule has 18 heavy (non-hydrogen) atoms. The summed E-state index contributed by atoms with van der Waals surface area (Å²) in [5, 5.41) is 9.03. The predicted molar refractivity (Wildman–Crippen MR) is 72.2 cm³/mol. The molecule has 5 heteroatoms. The van der Waals surface area contributed by atoms with Crippen molar-refractivity contribution >= 4 is 15.9 Å². The predicted octanol–water partition coefficient (Wildman–Crippen LogP) is 3.12. The fourth-order valence-electron chi connectivity index (χ4n) is 1.74. The van der Waals surface area contributed by atoms with Crippen LogP contribution in [0.4, 0.5) is 0 Å². The van der Waals surface area contributed by atoms with Gasteiger partial charge in [-0.1, -0.05) is 12.1 Å². The lowest BCUT2D eigenvalue weighted by Gasteiger charge is -2.06. The lowest BCUT2D eigenvalue weighted by atomic mass is 10.2. The quantitative estimate of drug-likeness (QED) is 0.875. The maximum atomic E-state index is 9.03. The summed E-state index contributed by atoms with van der Waals surface area (Å²) in [6, 6.07) is 9.79. The molecule has 0 aliphatic carbocycles. The van der Waals surface area contributed by atoms with E-state index in [-0.39, 0.29) is 0 Å². The van der Waals surface area contributed by atoms with Crippen molar-refractivity contribution in [2.45, 2.75) is 6.92 Å². The van der Waals surface area contributed by atoms with Crippen molar-refractivity contribution in [2.24, 2.45) is 7.05 Å². The van der Waals surface area contributed by atoms with Gasteiger partial charge < -0.3 is 9.30 Å². The minimum Gasteiger partial charge on any atom is -0.494 e. The van der Waals surface area contributed by atoms with Crippen LogP contribution in [-0.4, -0.2) is 16.2 Å². The van der Waals surface area contributed by atoms with E-state index in [1.54, 1.807) is 4.57 Å². The van der Waals surface area contributed by atoms with E-state index in [2.05, 4.69) is 27.0 Å². The second-order valence-electron chi connectivity index (χ2n) is 3.71. The molecule has 0 atom stereocenters. The molecule has 0 spiro atoms. The van der Waals surface area contributed by atoms with E-state index in [0.29, 0.717) is 16.9 Å². The molecule has 1 heterocycles. The van der Waals surface area contributed by atoms with Crippen LogP contribution in [0.15, 0.2) is 28.9 Å². The number of rotatable bonds is 3. The number of nitriles is 1. The molecule has 1 aromatic carbocycles. The molecule has 1 aromatic heterocycles. The van der Waals surface area contributed by atoms with Crippen LogP contribution in [0.5, 0.6) is 5.75 Å². The first-order chi connectivity index (χ1) is 8.67. The Hall–Kier alpha value is -1.80. The first-order valence-corrected chi connectivity index (χ1v) is 6.32. The Bertz CT molecular complexity index is 613. The second-order valence-corrected chi connectivity index (χ2v) is 4.46. The molecule has 0 radical (unpaired) electrons. The molecule has 0 aliphatic heterocycles. The highest BCUT2D eigenvalue weighted by atomic mass is 79.9. The number of aromatic nitrogens is 2. The highest BCUT2D eigenvalue weighted by Gasteiger charge is 2.14. The Labute approximate surface area is 114 Å². The lowest BCUT2D eigenvalue weighted by Crippen LogP contribution is -1.96. The fourth-order valence-corrected chi connectivity index (χ4v) is 2.26. The van der Waals surface area contributed by atoms with Gasteiger partial charge in [-0.3, -0.25) is 0 Å². The number of hydrogen-bond donors (Lipinski definition) is 0. The average molecular weight is 306 g/mol. The topological polar surface area (TPSA) is 50.8 Å². The summed E-state index contributed by atoms with van der Waals surface area (Å²) in [5.74, 6) is 1.53. The van der Waals surface area contributed by atoms with Gasteiger partial charge in [0.2, 0.25) is 0 Å². The van der Waals surface area contributed by atoms with Gasteiger partial charge in [-0.05, 0) is 35.0 Å². The van der Waals surface area contributed by atoms with Crippen LogP contribution in [0.1, 0.15) is 12.6 Å². The van der Waals surface area contributed by atoms with E-state index in [1.165, 1.54) is 0 Å². The Morgan fingerprint density at radius 2 is 2.28 bits per heavy atom. The normalized spacial score (nSPS) is 10.1. The van der Waals surface area contributed by atoms with Crippen LogP contribution < -0.4 is 4.74 Å². The lowest BCUT2D eigenvalue weighted by molar-refractivity contribution is 0.340. The van der Waals surface area contributed by atoms with Crippen molar-refractivity contribution in [2.75, 3.05) is 6.61 Å². The molecule has 0 unspecified atom stereocenters. The number of imidazole rings is 1. The van der Waals surface area contributed by atoms with E-state index in [1.807, 2.05) is 38.2 Å². The highest BCUT2D eigenvalue weighted by Crippen LogP contribution is 2.26. The molecule has 0 amide bonds. The molecular formula is C13H12BrN3O. The average Bonchev–Trinajstić information content (AvgIpc) is 2.65. The number of ether oxygens (including phenoxy) is 1. The summed E-state index contributed by atoms with van der Waals surface area (Å²) < 4.78 is 7.78. The van der Waals surface area contributed by atoms with Crippen molar-refractivity contribution in [3.63, 3.8) is 0 Å². The van der Waals surface area contributed by atoms with E-state index in [9.17, 15) is 0 Å². The van der Waals surface area contributed by atoms with E-state index >= 15 is 0 Å². The molecule has 0 saturated carbocycles. The highest BCUT2D eigenvalue weighted by molar-refractivity contribution is 9.10. The van der Waals surface area contributed by atoms with Crippen LogP contribution in [-0.2, 0) is 7.05 Å². The molecule has 92 valence electrons. The standard InChI is InChI=1S/C13H12BrN3O/c1-3-18-10-6-4-5-9(7-10)13-16-12(14)11(8-15)17(13)2/h4-7H,3H2,1-2H3. The van der Waals surface area contributed by atoms with Crippen LogP contribution in [0.25, 0.3) is 11.4 Å². The molecule has 2 aromatic rings. The molecule has 0 bridgehead atoms. The Morgan fingerprint density at radius 3 is 2.89 bits per heavy atom. The van der Waals surface area contributed by atoms with Crippen LogP contribution >= 0.6 is 15.9 Å². The fraction of sp³-hybridized carbons (Fsp3) is 0.231. The van der Waals surface area contributed by atoms with E-state index in [4.69, 9.17) is 10.00 Å². The van der Waals surface area contributed by atoms with Gasteiger partial charge in [0.25, 0.3) is 0 Å². The van der Waals surface area contributed by atoms with Gasteiger partial charge in [0, 0.05) is 12.6 Å². The Balaban J connectivity index is 2.49. The third kappa shape index (κ3) is 2.24. The molecule has 0 saturated heterocycles. The summed E-state index contributed by atoms with van der Waals surface area (Å²) in [4.78, 5) is 4.35. The zero-order valence-electron chi connectivity index (χ0n) is 10.1. The van der Waals surface area contributed by atoms with Crippen molar-refractivity contribution in [1.29, 1.82) is 5.26 Å². The minimum absolute atomic E-state index is 0.506. The molecule has 4 nitrogen and oxygen atoms in total. The van der Waals surface area contributed by atoms with Gasteiger partial charge in [0.15, 0.2) is 5.69 Å². The summed E-state index contributed by atoms with van der Waals surface area (Å²) >= 11 is 3.29. The monoisotopic (exact) mass is 305 g/mol. The van der Waals surface area contributed by atoms with Crippen molar-refractivity contribution in [1.82, 2.24) is 9.55 Å². The van der Waals surface area contributed by atoms with Gasteiger partial charge >= 0.3 is 0 Å². The zero-order valence-corrected chi connectivity index (χ0v) is 11.7. The second kappa shape index (κ2) is 5.23. The zero-order chi connectivity index (χ0) is 13.1. The maximum Gasteiger partial charge on any atom is 0.154 e. The smallest absolute Gasteiger partial charge is 0.154 e. The first kappa shape index (κ1) is 12.7. The largest absolute Gasteiger partial charge is 0.494 e. The van der Waals surface area contributed by atoms with Crippen molar-refractivity contribution < 1.29 is 4.74 Å². The van der Waals surface area contributed by atoms with Crippen LogP contribution in [0, 0.1) is 11.3 Å². The van der Waals surface area contributed by atoms with Gasteiger partial charge in [0.05, 0.1) is 6.61 Å². The Morgan fingerprint density at radius 1 is 1.50 bits per heavy atom. The SMILES string of the molecule is CCOc1cccc(-c2nc(Br)c(C#N)n2C)c1. The van der Waals surface area contributed by atoms with Crippen LogP contribution in [0.3, 0.4) is 0 Å². The molecule has 0 aliphatic rings. The van der Waals surface area contributed by atoms with Gasteiger partial charge in [0.1, 0.15) is 22.2 Å².